The highest BCUT2D eigenvalue weighted by molar-refractivity contribution is 5.76. The third-order valence-corrected chi connectivity index (χ3v) is 3.40. The van der Waals surface area contributed by atoms with Gasteiger partial charge in [-0.15, -0.1) is 0 Å². The van der Waals surface area contributed by atoms with Gasteiger partial charge in [-0.2, -0.15) is 0 Å². The van der Waals surface area contributed by atoms with E-state index in [1.54, 1.807) is 18.9 Å². The normalized spacial score (nSPS) is 18.4. The van der Waals surface area contributed by atoms with Gasteiger partial charge < -0.3 is 20.1 Å². The molecule has 1 saturated heterocycles. The van der Waals surface area contributed by atoms with Gasteiger partial charge in [0.15, 0.2) is 0 Å². The molecule has 0 spiro atoms. The predicted octanol–water partition coefficient (Wildman–Crippen LogP) is 0.918. The number of methoxy groups -OCH3 is 1. The molecule has 0 bridgehead atoms. The van der Waals surface area contributed by atoms with Crippen molar-refractivity contribution in [2.75, 3.05) is 26.7 Å². The van der Waals surface area contributed by atoms with Crippen LogP contribution in [-0.2, 0) is 9.53 Å². The molecule has 18 heavy (non-hydrogen) atoms. The summed E-state index contributed by atoms with van der Waals surface area (Å²) in [6.45, 7) is 3.31. The van der Waals surface area contributed by atoms with Gasteiger partial charge in [0.1, 0.15) is 0 Å². The first kappa shape index (κ1) is 14.8. The van der Waals surface area contributed by atoms with E-state index in [9.17, 15) is 9.59 Å². The van der Waals surface area contributed by atoms with Crippen LogP contribution < -0.4 is 5.32 Å². The second-order valence-electron chi connectivity index (χ2n) is 4.55. The molecule has 1 heterocycles. The Morgan fingerprint density at radius 2 is 2.06 bits per heavy atom. The third kappa shape index (κ3) is 4.18. The number of nitrogens with one attached hydrogen (secondary N) is 1. The SMILES string of the molecule is CCC(CNC(=O)N1CCC(OC)CC1)C(=O)O. The van der Waals surface area contributed by atoms with Crippen LogP contribution in [0.5, 0.6) is 0 Å². The average molecular weight is 258 g/mol. The molecule has 1 atom stereocenters. The molecule has 0 aromatic carbocycles. The first-order valence-electron chi connectivity index (χ1n) is 6.36. The summed E-state index contributed by atoms with van der Waals surface area (Å²) in [6.07, 6.45) is 2.41. The van der Waals surface area contributed by atoms with E-state index in [0.29, 0.717) is 19.5 Å². The second-order valence-corrected chi connectivity index (χ2v) is 4.55. The van der Waals surface area contributed by atoms with E-state index in [1.165, 1.54) is 0 Å². The van der Waals surface area contributed by atoms with Crippen molar-refractivity contribution >= 4 is 12.0 Å². The number of carboxylic acid groups (broad SMARTS) is 1. The van der Waals surface area contributed by atoms with Crippen molar-refractivity contribution in [1.82, 2.24) is 10.2 Å². The number of urea groups is 1. The maximum atomic E-state index is 11.8. The molecule has 6 heteroatoms. The van der Waals surface area contributed by atoms with Crippen LogP contribution >= 0.6 is 0 Å². The van der Waals surface area contributed by atoms with E-state index in [2.05, 4.69) is 5.32 Å². The number of hydrogen-bond donors (Lipinski definition) is 2. The maximum Gasteiger partial charge on any atom is 0.317 e. The largest absolute Gasteiger partial charge is 0.481 e. The quantitative estimate of drug-likeness (QED) is 0.768. The van der Waals surface area contributed by atoms with Gasteiger partial charge in [0.25, 0.3) is 0 Å². The fourth-order valence-electron chi connectivity index (χ4n) is 2.02. The van der Waals surface area contributed by atoms with E-state index < -0.39 is 11.9 Å². The molecule has 1 rings (SSSR count). The molecule has 0 aliphatic carbocycles. The zero-order valence-corrected chi connectivity index (χ0v) is 11.0. The lowest BCUT2D eigenvalue weighted by atomic mass is 10.1. The Morgan fingerprint density at radius 1 is 1.44 bits per heavy atom. The lowest BCUT2D eigenvalue weighted by Gasteiger charge is -2.31. The van der Waals surface area contributed by atoms with Crippen LogP contribution in [0.4, 0.5) is 4.79 Å². The molecular formula is C12H22N2O4. The summed E-state index contributed by atoms with van der Waals surface area (Å²) in [4.78, 5) is 24.3. The van der Waals surface area contributed by atoms with Crippen LogP contribution in [0.2, 0.25) is 0 Å². The Bertz CT molecular complexity index is 288. The number of nitrogens with zero attached hydrogens (tertiary/aromatic N) is 1. The summed E-state index contributed by atoms with van der Waals surface area (Å²) >= 11 is 0. The Labute approximate surface area is 107 Å². The van der Waals surface area contributed by atoms with E-state index in [1.807, 2.05) is 0 Å². The summed E-state index contributed by atoms with van der Waals surface area (Å²) < 4.78 is 5.23. The fraction of sp³-hybridized carbons (Fsp3) is 0.833. The topological polar surface area (TPSA) is 78.9 Å². The minimum Gasteiger partial charge on any atom is -0.481 e. The smallest absolute Gasteiger partial charge is 0.317 e. The van der Waals surface area contributed by atoms with Crippen LogP contribution in [0.15, 0.2) is 0 Å². The van der Waals surface area contributed by atoms with Gasteiger partial charge in [0, 0.05) is 26.7 Å². The number of piperidine rings is 1. The van der Waals surface area contributed by atoms with Crippen LogP contribution in [0, 0.1) is 5.92 Å². The highest BCUT2D eigenvalue weighted by Crippen LogP contribution is 2.12. The maximum absolute atomic E-state index is 11.8. The highest BCUT2D eigenvalue weighted by Gasteiger charge is 2.23. The fourth-order valence-corrected chi connectivity index (χ4v) is 2.02. The number of rotatable bonds is 5. The third-order valence-electron chi connectivity index (χ3n) is 3.40. The number of amides is 2. The van der Waals surface area contributed by atoms with Gasteiger partial charge in [-0.1, -0.05) is 6.92 Å². The molecule has 0 radical (unpaired) electrons. The van der Waals surface area contributed by atoms with Gasteiger partial charge >= 0.3 is 12.0 Å². The molecule has 1 aliphatic heterocycles. The van der Waals surface area contributed by atoms with Crippen LogP contribution in [-0.4, -0.2) is 54.9 Å². The van der Waals surface area contributed by atoms with E-state index in [0.717, 1.165) is 12.8 Å². The van der Waals surface area contributed by atoms with Crippen LogP contribution in [0.1, 0.15) is 26.2 Å². The summed E-state index contributed by atoms with van der Waals surface area (Å²) in [7, 11) is 1.68. The number of aliphatic carboxylic acids is 1. The Balaban J connectivity index is 2.31. The second kappa shape index (κ2) is 7.20. The number of likely N-dealkylation sites (tertiary alicyclic amines) is 1. The minimum absolute atomic E-state index is 0.177. The molecule has 104 valence electrons. The summed E-state index contributed by atoms with van der Waals surface area (Å²) in [5, 5.41) is 11.6. The van der Waals surface area contributed by atoms with Crippen molar-refractivity contribution in [2.24, 2.45) is 5.92 Å². The molecule has 1 unspecified atom stereocenters. The van der Waals surface area contributed by atoms with E-state index >= 15 is 0 Å². The first-order chi connectivity index (χ1) is 8.58. The molecule has 0 aromatic heterocycles. The molecule has 1 aliphatic rings. The molecule has 0 saturated carbocycles. The Hall–Kier alpha value is -1.30. The summed E-state index contributed by atoms with van der Waals surface area (Å²) in [5.74, 6) is -1.37. The molecule has 2 amide bonds. The van der Waals surface area contributed by atoms with Crippen LogP contribution in [0.25, 0.3) is 0 Å². The molecular weight excluding hydrogens is 236 g/mol. The number of carbonyl (C=O) groups excluding carboxylic acids is 1. The Kier molecular flexibility index (Phi) is 5.91. The zero-order valence-electron chi connectivity index (χ0n) is 11.0. The van der Waals surface area contributed by atoms with Crippen molar-refractivity contribution in [1.29, 1.82) is 0 Å². The van der Waals surface area contributed by atoms with Gasteiger partial charge in [-0.3, -0.25) is 4.79 Å². The van der Waals surface area contributed by atoms with Gasteiger partial charge in [0.05, 0.1) is 12.0 Å². The molecule has 2 N–H and O–H groups in total. The van der Waals surface area contributed by atoms with Gasteiger partial charge in [-0.05, 0) is 19.3 Å². The molecule has 6 nitrogen and oxygen atoms in total. The number of carbonyl (C=O) groups is 2. The lowest BCUT2D eigenvalue weighted by molar-refractivity contribution is -0.141. The van der Waals surface area contributed by atoms with Crippen molar-refractivity contribution in [3.63, 3.8) is 0 Å². The lowest BCUT2D eigenvalue weighted by Crippen LogP contribution is -2.47. The van der Waals surface area contributed by atoms with E-state index in [4.69, 9.17) is 9.84 Å². The minimum atomic E-state index is -0.865. The summed E-state index contributed by atoms with van der Waals surface area (Å²) in [6, 6.07) is -0.177. The number of hydrogen-bond acceptors (Lipinski definition) is 3. The first-order valence-corrected chi connectivity index (χ1v) is 6.36. The van der Waals surface area contributed by atoms with Gasteiger partial charge in [-0.25, -0.2) is 4.79 Å². The molecule has 1 fully saturated rings. The number of ether oxygens (including phenoxy) is 1. The Morgan fingerprint density at radius 3 is 2.50 bits per heavy atom. The van der Waals surface area contributed by atoms with Gasteiger partial charge in [0.2, 0.25) is 0 Å². The summed E-state index contributed by atoms with van der Waals surface area (Å²) in [5.41, 5.74) is 0. The zero-order chi connectivity index (χ0) is 13.5. The van der Waals surface area contributed by atoms with Crippen molar-refractivity contribution in [2.45, 2.75) is 32.3 Å². The number of carboxylic acids is 1. The van der Waals surface area contributed by atoms with Crippen molar-refractivity contribution in [3.05, 3.63) is 0 Å². The average Bonchev–Trinajstić information content (AvgIpc) is 2.39. The highest BCUT2D eigenvalue weighted by atomic mass is 16.5. The standard InChI is InChI=1S/C12H22N2O4/c1-3-9(11(15)16)8-13-12(17)14-6-4-10(18-2)5-7-14/h9-10H,3-8H2,1-2H3,(H,13,17)(H,15,16). The van der Waals surface area contributed by atoms with Crippen molar-refractivity contribution in [3.8, 4) is 0 Å². The van der Waals surface area contributed by atoms with Crippen LogP contribution in [0.3, 0.4) is 0 Å². The predicted molar refractivity (Wildman–Crippen MR) is 66.4 cm³/mol. The van der Waals surface area contributed by atoms with E-state index in [-0.39, 0.29) is 18.7 Å². The monoisotopic (exact) mass is 258 g/mol. The molecule has 0 aromatic rings. The van der Waals surface area contributed by atoms with Crippen molar-refractivity contribution < 1.29 is 19.4 Å².